The Balaban J connectivity index is 1.89. The molecule has 0 aromatic carbocycles. The number of nitrogens with zero attached hydrogens (tertiary/aromatic N) is 2. The van der Waals surface area contributed by atoms with Gasteiger partial charge in [0.1, 0.15) is 29.5 Å². The van der Waals surface area contributed by atoms with Crippen LogP contribution in [0, 0.1) is 0 Å². The first-order valence-electron chi connectivity index (χ1n) is 11.7. The van der Waals surface area contributed by atoms with E-state index in [1.807, 2.05) is 0 Å². The third-order valence-electron chi connectivity index (χ3n) is 5.67. The van der Waals surface area contributed by atoms with Crippen molar-refractivity contribution in [1.29, 1.82) is 0 Å². The number of esters is 1. The number of ether oxygens (including phenoxy) is 2. The number of hydrogen-bond donors (Lipinski definition) is 1. The molecule has 1 N–H and O–H groups in total. The van der Waals surface area contributed by atoms with Gasteiger partial charge in [0.25, 0.3) is 5.91 Å². The number of carbonyl (C=O) groups is 4. The van der Waals surface area contributed by atoms with Crippen molar-refractivity contribution >= 4 is 23.9 Å². The Hall–Kier alpha value is -3.05. The smallest absolute Gasteiger partial charge is 0.408 e. The van der Waals surface area contributed by atoms with Gasteiger partial charge in [-0.3, -0.25) is 14.5 Å². The Bertz CT molecular complexity index is 1020. The SMILES string of the molecule is CC(C)(C)OC(=O)N[C@@H]1C(=O)N2C(C(=O)OC(C)(C)C)=C(C=C3CCN(CC(F)(F)F)C3=O)CC[C@H]12. The van der Waals surface area contributed by atoms with E-state index in [0.717, 1.165) is 0 Å². The van der Waals surface area contributed by atoms with E-state index in [4.69, 9.17) is 9.47 Å². The Morgan fingerprint density at radius 3 is 2.19 bits per heavy atom. The summed E-state index contributed by atoms with van der Waals surface area (Å²) in [7, 11) is 0. The summed E-state index contributed by atoms with van der Waals surface area (Å²) >= 11 is 0. The summed E-state index contributed by atoms with van der Waals surface area (Å²) in [6, 6.07) is -1.43. The van der Waals surface area contributed by atoms with Gasteiger partial charge >= 0.3 is 18.2 Å². The minimum absolute atomic E-state index is 0.0667. The highest BCUT2D eigenvalue weighted by Gasteiger charge is 2.54. The normalized spacial score (nSPS) is 24.1. The molecule has 0 radical (unpaired) electrons. The van der Waals surface area contributed by atoms with Gasteiger partial charge in [-0.1, -0.05) is 0 Å². The maximum absolute atomic E-state index is 13.1. The summed E-state index contributed by atoms with van der Waals surface area (Å²) in [5.74, 6) is -2.09. The quantitative estimate of drug-likeness (QED) is 0.350. The second kappa shape index (κ2) is 9.44. The van der Waals surface area contributed by atoms with Crippen LogP contribution < -0.4 is 5.32 Å². The molecule has 9 nitrogen and oxygen atoms in total. The van der Waals surface area contributed by atoms with Crippen molar-refractivity contribution in [3.05, 3.63) is 22.9 Å². The summed E-state index contributed by atoms with van der Waals surface area (Å²) in [6.07, 6.45) is -3.19. The lowest BCUT2D eigenvalue weighted by Crippen LogP contribution is -2.72. The van der Waals surface area contributed by atoms with Crippen molar-refractivity contribution in [1.82, 2.24) is 15.1 Å². The summed E-state index contributed by atoms with van der Waals surface area (Å²) in [6.45, 7) is 8.58. The van der Waals surface area contributed by atoms with Gasteiger partial charge in [-0.15, -0.1) is 0 Å². The fraction of sp³-hybridized carbons (Fsp3) is 0.667. The number of alkyl halides is 3. The number of alkyl carbamates (subject to hydrolysis) is 1. The summed E-state index contributed by atoms with van der Waals surface area (Å²) in [5, 5.41) is 2.54. The molecule has 2 saturated heterocycles. The maximum atomic E-state index is 13.1. The molecule has 0 aromatic rings. The van der Waals surface area contributed by atoms with Crippen LogP contribution in [0.1, 0.15) is 60.8 Å². The number of rotatable bonds is 4. The highest BCUT2D eigenvalue weighted by molar-refractivity contribution is 6.03. The highest BCUT2D eigenvalue weighted by Crippen LogP contribution is 2.39. The number of likely N-dealkylation sites (tertiary alicyclic amines) is 1. The number of allylic oxidation sites excluding steroid dienone is 2. The van der Waals surface area contributed by atoms with E-state index in [9.17, 15) is 32.3 Å². The monoisotopic (exact) mass is 515 g/mol. The van der Waals surface area contributed by atoms with E-state index in [2.05, 4.69) is 5.32 Å². The van der Waals surface area contributed by atoms with Gasteiger partial charge in [0.2, 0.25) is 5.91 Å². The lowest BCUT2D eigenvalue weighted by Gasteiger charge is -2.50. The highest BCUT2D eigenvalue weighted by atomic mass is 19.4. The number of amides is 3. The van der Waals surface area contributed by atoms with Crippen molar-refractivity contribution in [3.63, 3.8) is 0 Å². The van der Waals surface area contributed by atoms with Crippen molar-refractivity contribution in [2.24, 2.45) is 0 Å². The van der Waals surface area contributed by atoms with E-state index in [1.165, 1.54) is 11.0 Å². The van der Waals surface area contributed by atoms with Crippen molar-refractivity contribution < 1.29 is 41.8 Å². The number of carbonyl (C=O) groups excluding carboxylic acids is 4. The third kappa shape index (κ3) is 6.38. The van der Waals surface area contributed by atoms with E-state index in [1.54, 1.807) is 41.5 Å². The van der Waals surface area contributed by atoms with Crippen LogP contribution in [-0.4, -0.2) is 76.2 Å². The molecule has 0 saturated carbocycles. The predicted molar refractivity (Wildman–Crippen MR) is 121 cm³/mol. The molecule has 3 rings (SSSR count). The van der Waals surface area contributed by atoms with Crippen molar-refractivity contribution in [2.75, 3.05) is 13.1 Å². The second-order valence-corrected chi connectivity index (χ2v) is 11.1. The maximum Gasteiger partial charge on any atom is 0.408 e. The number of hydrogen-bond acceptors (Lipinski definition) is 6. The van der Waals surface area contributed by atoms with Gasteiger partial charge in [0.05, 0.1) is 6.04 Å². The first-order chi connectivity index (χ1) is 16.4. The van der Waals surface area contributed by atoms with Crippen LogP contribution in [0.25, 0.3) is 0 Å². The van der Waals surface area contributed by atoms with Crippen LogP contribution in [0.5, 0.6) is 0 Å². The fourth-order valence-electron chi connectivity index (χ4n) is 4.36. The molecule has 0 aliphatic carbocycles. The van der Waals surface area contributed by atoms with E-state index in [0.29, 0.717) is 16.9 Å². The molecule has 2 atom stereocenters. The zero-order valence-electron chi connectivity index (χ0n) is 21.2. The van der Waals surface area contributed by atoms with Crippen LogP contribution in [0.15, 0.2) is 22.9 Å². The van der Waals surface area contributed by atoms with Crippen molar-refractivity contribution in [2.45, 2.75) is 90.3 Å². The zero-order chi connectivity index (χ0) is 27.2. The van der Waals surface area contributed by atoms with Crippen LogP contribution in [0.3, 0.4) is 0 Å². The molecule has 36 heavy (non-hydrogen) atoms. The average Bonchev–Trinajstić information content (AvgIpc) is 3.01. The largest absolute Gasteiger partial charge is 0.455 e. The number of nitrogens with one attached hydrogen (secondary N) is 1. The van der Waals surface area contributed by atoms with Gasteiger partial charge < -0.3 is 19.7 Å². The van der Waals surface area contributed by atoms with Gasteiger partial charge in [0, 0.05) is 12.1 Å². The van der Waals surface area contributed by atoms with Crippen LogP contribution in [0.2, 0.25) is 0 Å². The Morgan fingerprint density at radius 1 is 1.03 bits per heavy atom. The average molecular weight is 516 g/mol. The molecule has 3 aliphatic heterocycles. The van der Waals surface area contributed by atoms with Crippen molar-refractivity contribution in [3.8, 4) is 0 Å². The van der Waals surface area contributed by atoms with Crippen LogP contribution in [-0.2, 0) is 23.9 Å². The summed E-state index contributed by atoms with van der Waals surface area (Å²) < 4.78 is 49.1. The molecular formula is C24H32F3N3O6. The van der Waals surface area contributed by atoms with Gasteiger partial charge in [-0.2, -0.15) is 13.2 Å². The molecule has 0 spiro atoms. The minimum Gasteiger partial charge on any atom is -0.455 e. The number of halogens is 3. The van der Waals surface area contributed by atoms with Gasteiger partial charge in [-0.25, -0.2) is 9.59 Å². The molecule has 0 unspecified atom stereocenters. The standard InChI is InChI=1S/C24H32F3N3O6/c1-22(2,3)35-20(33)17-13(11-14-9-10-29(18(14)31)12-24(25,26)27)7-8-15-16(19(32)30(15)17)28-21(34)36-23(4,5)6/h11,15-16H,7-10,12H2,1-6H3,(H,28,34)/t15-,16+/m1/s1. The molecule has 200 valence electrons. The molecule has 2 fully saturated rings. The fourth-order valence-corrected chi connectivity index (χ4v) is 4.36. The van der Waals surface area contributed by atoms with Gasteiger partial charge in [0.15, 0.2) is 0 Å². The van der Waals surface area contributed by atoms with Crippen LogP contribution >= 0.6 is 0 Å². The molecule has 0 aromatic heterocycles. The molecule has 3 aliphatic rings. The van der Waals surface area contributed by atoms with E-state index >= 15 is 0 Å². The van der Waals surface area contributed by atoms with E-state index < -0.39 is 59.9 Å². The predicted octanol–water partition coefficient (Wildman–Crippen LogP) is 3.20. The Morgan fingerprint density at radius 2 is 1.64 bits per heavy atom. The second-order valence-electron chi connectivity index (χ2n) is 11.1. The van der Waals surface area contributed by atoms with Gasteiger partial charge in [-0.05, 0) is 72.5 Å². The first kappa shape index (κ1) is 27.5. The molecule has 0 bridgehead atoms. The molecule has 3 amide bonds. The molecule has 3 heterocycles. The third-order valence-corrected chi connectivity index (χ3v) is 5.67. The molecular weight excluding hydrogens is 483 g/mol. The molecule has 12 heteroatoms. The zero-order valence-corrected chi connectivity index (χ0v) is 21.2. The summed E-state index contributed by atoms with van der Waals surface area (Å²) in [4.78, 5) is 52.9. The Kier molecular flexibility index (Phi) is 7.22. The first-order valence-corrected chi connectivity index (χ1v) is 11.7. The Labute approximate surface area is 207 Å². The van der Waals surface area contributed by atoms with Crippen LogP contribution in [0.4, 0.5) is 18.0 Å². The van der Waals surface area contributed by atoms with E-state index in [-0.39, 0.29) is 30.7 Å². The number of β-lactam (4-membered cyclic amide) rings is 1. The lowest BCUT2D eigenvalue weighted by atomic mass is 9.83. The summed E-state index contributed by atoms with van der Waals surface area (Å²) in [5.41, 5.74) is -1.25. The lowest BCUT2D eigenvalue weighted by molar-refractivity contribution is -0.161. The number of fused-ring (bicyclic) bond motifs is 1. The minimum atomic E-state index is -4.52. The topological polar surface area (TPSA) is 105 Å².